The molecule has 0 N–H and O–H groups in total. The molecular formula is C14H16O. The minimum atomic E-state index is 0.984. The van der Waals surface area contributed by atoms with Crippen LogP contribution in [0.4, 0.5) is 0 Å². The zero-order valence-corrected chi connectivity index (χ0v) is 9.50. The molecule has 0 bridgehead atoms. The molecule has 0 saturated heterocycles. The van der Waals surface area contributed by atoms with Crippen molar-refractivity contribution in [1.29, 1.82) is 0 Å². The van der Waals surface area contributed by atoms with E-state index in [0.717, 1.165) is 17.4 Å². The fourth-order valence-corrected chi connectivity index (χ4v) is 1.87. The van der Waals surface area contributed by atoms with Crippen LogP contribution in [0.3, 0.4) is 0 Å². The Morgan fingerprint density at radius 3 is 2.80 bits per heavy atom. The summed E-state index contributed by atoms with van der Waals surface area (Å²) in [4.78, 5) is 0. The van der Waals surface area contributed by atoms with Gasteiger partial charge >= 0.3 is 0 Å². The number of rotatable bonds is 1. The highest BCUT2D eigenvalue weighted by Gasteiger charge is 2.01. The Labute approximate surface area is 89.7 Å². The number of furan rings is 1. The van der Waals surface area contributed by atoms with E-state index in [1.165, 1.54) is 16.2 Å². The van der Waals surface area contributed by atoms with Crippen LogP contribution in [0.25, 0.3) is 23.1 Å². The van der Waals surface area contributed by atoms with Crippen molar-refractivity contribution in [3.8, 4) is 0 Å². The van der Waals surface area contributed by atoms with Crippen LogP contribution in [0.15, 0.2) is 22.6 Å². The van der Waals surface area contributed by atoms with Gasteiger partial charge in [0.15, 0.2) is 0 Å². The molecule has 0 aliphatic rings. The summed E-state index contributed by atoms with van der Waals surface area (Å²) in [5.74, 6) is 0. The summed E-state index contributed by atoms with van der Waals surface area (Å²) in [5, 5.41) is 2.45. The van der Waals surface area contributed by atoms with Crippen LogP contribution in [0.2, 0.25) is 0 Å². The van der Waals surface area contributed by atoms with Crippen LogP contribution < -0.4 is 10.6 Å². The molecular weight excluding hydrogens is 184 g/mol. The second-order valence-electron chi connectivity index (χ2n) is 3.78. The summed E-state index contributed by atoms with van der Waals surface area (Å²) in [6.07, 6.45) is 5.27. The quantitative estimate of drug-likeness (QED) is 0.690. The molecule has 0 fully saturated rings. The Balaban J connectivity index is 2.94. The smallest absolute Gasteiger partial charge is 0.135 e. The van der Waals surface area contributed by atoms with E-state index in [4.69, 9.17) is 4.42 Å². The lowest BCUT2D eigenvalue weighted by atomic mass is 10.1. The van der Waals surface area contributed by atoms with Crippen molar-refractivity contribution in [2.24, 2.45) is 0 Å². The van der Waals surface area contributed by atoms with Gasteiger partial charge in [0.05, 0.1) is 0 Å². The third-order valence-electron chi connectivity index (χ3n) is 2.58. The van der Waals surface area contributed by atoms with E-state index in [2.05, 4.69) is 38.1 Å². The topological polar surface area (TPSA) is 13.1 Å². The molecule has 1 aromatic heterocycles. The molecule has 2 rings (SSSR count). The zero-order valence-electron chi connectivity index (χ0n) is 9.50. The minimum Gasteiger partial charge on any atom is -0.456 e. The Morgan fingerprint density at radius 1 is 1.33 bits per heavy atom. The normalized spacial score (nSPS) is 14.1. The van der Waals surface area contributed by atoms with E-state index in [1.807, 2.05) is 13.0 Å². The highest BCUT2D eigenvalue weighted by atomic mass is 16.3. The lowest BCUT2D eigenvalue weighted by Crippen LogP contribution is -2.19. The second kappa shape index (κ2) is 3.93. The first-order valence-corrected chi connectivity index (χ1v) is 5.42. The van der Waals surface area contributed by atoms with E-state index in [-0.39, 0.29) is 0 Å². The second-order valence-corrected chi connectivity index (χ2v) is 3.78. The average Bonchev–Trinajstić information content (AvgIpc) is 2.56. The van der Waals surface area contributed by atoms with Gasteiger partial charge in [-0.3, -0.25) is 0 Å². The Bertz CT molecular complexity index is 588. The van der Waals surface area contributed by atoms with Crippen LogP contribution >= 0.6 is 0 Å². The SMILES string of the molecule is C/C=c1/oc2cc(C)ccc2/c1=C/CC. The van der Waals surface area contributed by atoms with Crippen LogP contribution in [0, 0.1) is 6.92 Å². The van der Waals surface area contributed by atoms with Gasteiger partial charge in [-0.25, -0.2) is 0 Å². The largest absolute Gasteiger partial charge is 0.456 e. The van der Waals surface area contributed by atoms with Crippen LogP contribution in [0.1, 0.15) is 25.8 Å². The molecule has 2 aromatic rings. The lowest BCUT2D eigenvalue weighted by Gasteiger charge is -1.90. The van der Waals surface area contributed by atoms with Crippen molar-refractivity contribution in [1.82, 2.24) is 0 Å². The number of fused-ring (bicyclic) bond motifs is 1. The summed E-state index contributed by atoms with van der Waals surface area (Å²) in [6, 6.07) is 6.36. The van der Waals surface area contributed by atoms with Gasteiger partial charge in [0.25, 0.3) is 0 Å². The highest BCUT2D eigenvalue weighted by Crippen LogP contribution is 2.10. The maximum absolute atomic E-state index is 5.79. The third-order valence-corrected chi connectivity index (χ3v) is 2.58. The van der Waals surface area contributed by atoms with E-state index in [0.29, 0.717) is 0 Å². The van der Waals surface area contributed by atoms with Crippen molar-refractivity contribution in [2.45, 2.75) is 27.2 Å². The summed E-state index contributed by atoms with van der Waals surface area (Å²) >= 11 is 0. The molecule has 0 atom stereocenters. The summed E-state index contributed by atoms with van der Waals surface area (Å²) in [5.41, 5.74) is 3.21. The van der Waals surface area contributed by atoms with Crippen LogP contribution in [-0.2, 0) is 0 Å². The Morgan fingerprint density at radius 2 is 2.13 bits per heavy atom. The summed E-state index contributed by atoms with van der Waals surface area (Å²) < 4.78 is 5.79. The molecule has 1 aromatic carbocycles. The number of hydrogen-bond donors (Lipinski definition) is 0. The Hall–Kier alpha value is -1.50. The molecule has 1 heterocycles. The molecule has 78 valence electrons. The summed E-state index contributed by atoms with van der Waals surface area (Å²) in [7, 11) is 0. The average molecular weight is 200 g/mol. The highest BCUT2D eigenvalue weighted by molar-refractivity contribution is 5.79. The fraction of sp³-hybridized carbons (Fsp3) is 0.286. The monoisotopic (exact) mass is 200 g/mol. The van der Waals surface area contributed by atoms with Crippen molar-refractivity contribution >= 4 is 23.1 Å². The van der Waals surface area contributed by atoms with E-state index >= 15 is 0 Å². The first-order chi connectivity index (χ1) is 7.26. The standard InChI is InChI=1S/C14H16O/c1-4-6-11-12-8-7-10(3)9-14(12)15-13(11)5-2/h5-9H,4H2,1-3H3/b11-6-,13-5+. The van der Waals surface area contributed by atoms with Gasteiger partial charge in [0, 0.05) is 10.6 Å². The number of aryl methyl sites for hydroxylation is 1. The molecule has 0 radical (unpaired) electrons. The lowest BCUT2D eigenvalue weighted by molar-refractivity contribution is 0.574. The minimum absolute atomic E-state index is 0.984. The van der Waals surface area contributed by atoms with Gasteiger partial charge in [-0.2, -0.15) is 0 Å². The predicted molar refractivity (Wildman–Crippen MR) is 65.1 cm³/mol. The van der Waals surface area contributed by atoms with Crippen LogP contribution in [0.5, 0.6) is 0 Å². The van der Waals surface area contributed by atoms with E-state index < -0.39 is 0 Å². The fourth-order valence-electron chi connectivity index (χ4n) is 1.87. The maximum atomic E-state index is 5.79. The molecule has 0 saturated carbocycles. The van der Waals surface area contributed by atoms with Gasteiger partial charge in [0.2, 0.25) is 0 Å². The zero-order chi connectivity index (χ0) is 10.8. The molecule has 1 nitrogen and oxygen atoms in total. The van der Waals surface area contributed by atoms with Crippen molar-refractivity contribution in [2.75, 3.05) is 0 Å². The first kappa shape index (κ1) is 10.0. The maximum Gasteiger partial charge on any atom is 0.135 e. The van der Waals surface area contributed by atoms with Gasteiger partial charge < -0.3 is 4.42 Å². The van der Waals surface area contributed by atoms with Gasteiger partial charge in [-0.1, -0.05) is 25.1 Å². The van der Waals surface area contributed by atoms with E-state index in [1.54, 1.807) is 0 Å². The molecule has 0 aliphatic heterocycles. The molecule has 0 aliphatic carbocycles. The van der Waals surface area contributed by atoms with E-state index in [9.17, 15) is 0 Å². The van der Waals surface area contributed by atoms with Crippen LogP contribution in [-0.4, -0.2) is 0 Å². The van der Waals surface area contributed by atoms with Gasteiger partial charge in [0.1, 0.15) is 11.0 Å². The van der Waals surface area contributed by atoms with Crippen molar-refractivity contribution < 1.29 is 4.42 Å². The molecule has 0 spiro atoms. The number of hydrogen-bond acceptors (Lipinski definition) is 1. The van der Waals surface area contributed by atoms with Gasteiger partial charge in [-0.15, -0.1) is 0 Å². The van der Waals surface area contributed by atoms with Crippen molar-refractivity contribution in [3.63, 3.8) is 0 Å². The Kier molecular flexibility index (Phi) is 2.63. The van der Waals surface area contributed by atoms with Gasteiger partial charge in [-0.05, 0) is 38.0 Å². The third kappa shape index (κ3) is 1.70. The summed E-state index contributed by atoms with van der Waals surface area (Å²) in [6.45, 7) is 6.24. The molecule has 15 heavy (non-hydrogen) atoms. The predicted octanol–water partition coefficient (Wildman–Crippen LogP) is 2.73. The van der Waals surface area contributed by atoms with Crippen molar-refractivity contribution in [3.05, 3.63) is 34.4 Å². The number of benzene rings is 1. The molecule has 0 unspecified atom stereocenters. The molecule has 0 amide bonds. The molecule has 1 heteroatoms. The first-order valence-electron chi connectivity index (χ1n) is 5.42.